The van der Waals surface area contributed by atoms with E-state index in [-0.39, 0.29) is 0 Å². The average Bonchev–Trinajstić information content (AvgIpc) is 2.68. The maximum atomic E-state index is 4.43. The number of anilines is 1. The molecule has 1 aromatic carbocycles. The van der Waals surface area contributed by atoms with E-state index in [1.165, 1.54) is 38.5 Å². The summed E-state index contributed by atoms with van der Waals surface area (Å²) in [7, 11) is 0. The van der Waals surface area contributed by atoms with Crippen molar-refractivity contribution in [2.75, 3.05) is 5.32 Å². The topological polar surface area (TPSA) is 37.8 Å². The molecule has 3 rings (SSSR count). The minimum absolute atomic E-state index is 0.555. The Morgan fingerprint density at radius 2 is 1.84 bits per heavy atom. The van der Waals surface area contributed by atoms with Gasteiger partial charge < -0.3 is 5.32 Å². The molecule has 1 fully saturated rings. The van der Waals surface area contributed by atoms with Crippen LogP contribution in [0.25, 0.3) is 10.9 Å². The van der Waals surface area contributed by atoms with Gasteiger partial charge in [-0.1, -0.05) is 41.6 Å². The summed E-state index contributed by atoms with van der Waals surface area (Å²) in [5.74, 6) is 0.971. The lowest BCUT2D eigenvalue weighted by atomic mass is 10.1. The molecule has 1 aliphatic carbocycles. The second kappa shape index (κ2) is 5.87. The third-order valence-electron chi connectivity index (χ3n) is 3.79. The first-order valence-electron chi connectivity index (χ1n) is 7.00. The molecular weight excluding hydrogens is 302 g/mol. The molecule has 0 spiro atoms. The summed E-state index contributed by atoms with van der Waals surface area (Å²) in [4.78, 5) is 8.75. The van der Waals surface area contributed by atoms with Gasteiger partial charge in [-0.05, 0) is 31.0 Å². The van der Waals surface area contributed by atoms with Crippen LogP contribution in [0.15, 0.2) is 29.0 Å². The van der Waals surface area contributed by atoms with Crippen molar-refractivity contribution in [3.05, 3.63) is 29.0 Å². The van der Waals surface area contributed by atoms with E-state index in [1.54, 1.807) is 6.33 Å². The minimum Gasteiger partial charge on any atom is -0.367 e. The quantitative estimate of drug-likeness (QED) is 0.826. The number of aromatic nitrogens is 2. The lowest BCUT2D eigenvalue weighted by molar-refractivity contribution is 0.618. The van der Waals surface area contributed by atoms with Crippen LogP contribution >= 0.6 is 15.9 Å². The summed E-state index contributed by atoms with van der Waals surface area (Å²) in [6.45, 7) is 0. The molecule has 3 nitrogen and oxygen atoms in total. The van der Waals surface area contributed by atoms with Crippen LogP contribution in [0.2, 0.25) is 0 Å². The van der Waals surface area contributed by atoms with Crippen LogP contribution in [0.3, 0.4) is 0 Å². The zero-order chi connectivity index (χ0) is 13.1. The third-order valence-corrected chi connectivity index (χ3v) is 4.29. The van der Waals surface area contributed by atoms with Crippen LogP contribution in [0.4, 0.5) is 5.82 Å². The van der Waals surface area contributed by atoms with E-state index < -0.39 is 0 Å². The third kappa shape index (κ3) is 3.06. The first-order chi connectivity index (χ1) is 9.33. The summed E-state index contributed by atoms with van der Waals surface area (Å²) in [5, 5.41) is 4.72. The zero-order valence-electron chi connectivity index (χ0n) is 10.9. The number of hydrogen-bond acceptors (Lipinski definition) is 3. The van der Waals surface area contributed by atoms with Crippen molar-refractivity contribution in [3.8, 4) is 0 Å². The van der Waals surface area contributed by atoms with Gasteiger partial charge in [-0.3, -0.25) is 0 Å². The Bertz CT molecular complexity index is 562. The van der Waals surface area contributed by atoms with Crippen molar-refractivity contribution in [3.63, 3.8) is 0 Å². The molecule has 1 saturated carbocycles. The molecule has 4 heteroatoms. The highest BCUT2D eigenvalue weighted by atomic mass is 79.9. The second-order valence-electron chi connectivity index (χ2n) is 5.22. The highest BCUT2D eigenvalue weighted by Crippen LogP contribution is 2.26. The predicted octanol–water partition coefficient (Wildman–Crippen LogP) is 4.53. The molecule has 1 N–H and O–H groups in total. The van der Waals surface area contributed by atoms with E-state index in [2.05, 4.69) is 37.3 Å². The highest BCUT2D eigenvalue weighted by molar-refractivity contribution is 9.10. The van der Waals surface area contributed by atoms with Crippen molar-refractivity contribution < 1.29 is 0 Å². The smallest absolute Gasteiger partial charge is 0.137 e. The number of halogens is 1. The fourth-order valence-electron chi connectivity index (χ4n) is 2.76. The van der Waals surface area contributed by atoms with Gasteiger partial charge in [-0.25, -0.2) is 9.97 Å². The Morgan fingerprint density at radius 3 is 2.63 bits per heavy atom. The second-order valence-corrected chi connectivity index (χ2v) is 6.13. The number of hydrogen-bond donors (Lipinski definition) is 1. The monoisotopic (exact) mass is 319 g/mol. The Morgan fingerprint density at radius 1 is 1.05 bits per heavy atom. The molecular formula is C15H18BrN3. The normalized spacial score (nSPS) is 17.3. The lowest BCUT2D eigenvalue weighted by Crippen LogP contribution is -2.19. The Kier molecular flexibility index (Phi) is 3.97. The summed E-state index contributed by atoms with van der Waals surface area (Å²) in [5.41, 5.74) is 0.995. The average molecular weight is 320 g/mol. The molecule has 1 heterocycles. The van der Waals surface area contributed by atoms with Gasteiger partial charge in [0.2, 0.25) is 0 Å². The van der Waals surface area contributed by atoms with Crippen molar-refractivity contribution >= 4 is 32.7 Å². The standard InChI is InChI=1S/C15H18BrN3/c16-11-7-8-14-13(9-11)15(18-10-17-14)19-12-5-3-1-2-4-6-12/h7-10,12H,1-6H2,(H,17,18,19). The largest absolute Gasteiger partial charge is 0.367 e. The van der Waals surface area contributed by atoms with Crippen molar-refractivity contribution in [1.29, 1.82) is 0 Å². The SMILES string of the molecule is Brc1ccc2ncnc(NC3CCCCCC3)c2c1. The molecule has 1 aliphatic rings. The van der Waals surface area contributed by atoms with Crippen molar-refractivity contribution in [2.45, 2.75) is 44.6 Å². The van der Waals surface area contributed by atoms with Crippen LogP contribution in [-0.4, -0.2) is 16.0 Å². The fourth-order valence-corrected chi connectivity index (χ4v) is 3.12. The van der Waals surface area contributed by atoms with E-state index in [9.17, 15) is 0 Å². The van der Waals surface area contributed by atoms with Gasteiger partial charge in [0, 0.05) is 15.9 Å². The Balaban J connectivity index is 1.89. The zero-order valence-corrected chi connectivity index (χ0v) is 12.5. The lowest BCUT2D eigenvalue weighted by Gasteiger charge is -2.17. The fraction of sp³-hybridized carbons (Fsp3) is 0.467. The van der Waals surface area contributed by atoms with E-state index in [0.29, 0.717) is 6.04 Å². The molecule has 0 aliphatic heterocycles. The van der Waals surface area contributed by atoms with Crippen LogP contribution < -0.4 is 5.32 Å². The van der Waals surface area contributed by atoms with Gasteiger partial charge in [0.05, 0.1) is 5.52 Å². The molecule has 19 heavy (non-hydrogen) atoms. The number of nitrogens with zero attached hydrogens (tertiary/aromatic N) is 2. The van der Waals surface area contributed by atoms with E-state index in [0.717, 1.165) is 21.2 Å². The van der Waals surface area contributed by atoms with Gasteiger partial charge >= 0.3 is 0 Å². The van der Waals surface area contributed by atoms with Crippen LogP contribution in [0.1, 0.15) is 38.5 Å². The van der Waals surface area contributed by atoms with E-state index in [1.807, 2.05) is 12.1 Å². The summed E-state index contributed by atoms with van der Waals surface area (Å²) in [6.07, 6.45) is 9.53. The van der Waals surface area contributed by atoms with E-state index >= 15 is 0 Å². The molecule has 100 valence electrons. The first kappa shape index (κ1) is 12.9. The molecule has 0 atom stereocenters. The number of rotatable bonds is 2. The predicted molar refractivity (Wildman–Crippen MR) is 82.4 cm³/mol. The Labute approximate surface area is 122 Å². The maximum absolute atomic E-state index is 4.43. The maximum Gasteiger partial charge on any atom is 0.137 e. The van der Waals surface area contributed by atoms with Crippen molar-refractivity contribution in [2.24, 2.45) is 0 Å². The van der Waals surface area contributed by atoms with Crippen molar-refractivity contribution in [1.82, 2.24) is 9.97 Å². The van der Waals surface area contributed by atoms with Gasteiger partial charge in [0.25, 0.3) is 0 Å². The minimum atomic E-state index is 0.555. The summed E-state index contributed by atoms with van der Waals surface area (Å²) in [6, 6.07) is 6.69. The first-order valence-corrected chi connectivity index (χ1v) is 7.79. The molecule has 0 bridgehead atoms. The Hall–Kier alpha value is -1.16. The summed E-state index contributed by atoms with van der Waals surface area (Å²) >= 11 is 3.52. The van der Waals surface area contributed by atoms with Crippen LogP contribution in [0, 0.1) is 0 Å². The summed E-state index contributed by atoms with van der Waals surface area (Å²) < 4.78 is 1.07. The van der Waals surface area contributed by atoms with Gasteiger partial charge in [0.1, 0.15) is 12.1 Å². The number of fused-ring (bicyclic) bond motifs is 1. The van der Waals surface area contributed by atoms with Crippen LogP contribution in [0.5, 0.6) is 0 Å². The molecule has 2 aromatic rings. The van der Waals surface area contributed by atoms with Gasteiger partial charge in [-0.2, -0.15) is 0 Å². The molecule has 1 aromatic heterocycles. The molecule has 0 saturated heterocycles. The van der Waals surface area contributed by atoms with Gasteiger partial charge in [-0.15, -0.1) is 0 Å². The number of nitrogens with one attached hydrogen (secondary N) is 1. The molecule has 0 radical (unpaired) electrons. The molecule has 0 unspecified atom stereocenters. The van der Waals surface area contributed by atoms with Gasteiger partial charge in [0.15, 0.2) is 0 Å². The van der Waals surface area contributed by atoms with E-state index in [4.69, 9.17) is 0 Å². The number of benzene rings is 1. The molecule has 0 amide bonds. The highest BCUT2D eigenvalue weighted by Gasteiger charge is 2.14. The van der Waals surface area contributed by atoms with Crippen LogP contribution in [-0.2, 0) is 0 Å².